The third kappa shape index (κ3) is 4.99. The zero-order valence-electron chi connectivity index (χ0n) is 12.5. The van der Waals surface area contributed by atoms with Crippen molar-refractivity contribution in [3.05, 3.63) is 59.1 Å². The summed E-state index contributed by atoms with van der Waals surface area (Å²) >= 11 is 3.58. The lowest BCUT2D eigenvalue weighted by atomic mass is 9.97. The highest BCUT2D eigenvalue weighted by Crippen LogP contribution is 2.22. The molecule has 0 amide bonds. The van der Waals surface area contributed by atoms with E-state index < -0.39 is 28.7 Å². The highest BCUT2D eigenvalue weighted by Gasteiger charge is 2.24. The van der Waals surface area contributed by atoms with Crippen molar-refractivity contribution in [1.29, 1.82) is 0 Å². The number of rotatable bonds is 7. The van der Waals surface area contributed by atoms with Crippen molar-refractivity contribution in [2.24, 2.45) is 5.92 Å². The van der Waals surface area contributed by atoms with E-state index in [1.165, 1.54) is 0 Å². The predicted molar refractivity (Wildman–Crippen MR) is 92.6 cm³/mol. The molecule has 126 valence electrons. The van der Waals surface area contributed by atoms with Gasteiger partial charge in [-0.2, -0.15) is 0 Å². The Bertz CT molecular complexity index is 756. The summed E-state index contributed by atoms with van der Waals surface area (Å²) in [6.45, 7) is 0. The molecule has 2 aromatic carbocycles. The fraction of sp³-hybridized carbons (Fsp3) is 0.176. The molecule has 2 atom stereocenters. The van der Waals surface area contributed by atoms with E-state index in [-0.39, 0.29) is 12.2 Å². The first kappa shape index (κ1) is 18.3. The molecule has 2 aromatic rings. The molecule has 0 fully saturated rings. The number of hydrogen-bond donors (Lipinski definition) is 2. The van der Waals surface area contributed by atoms with E-state index in [9.17, 15) is 13.8 Å². The van der Waals surface area contributed by atoms with Crippen LogP contribution in [-0.4, -0.2) is 31.4 Å². The molecule has 24 heavy (non-hydrogen) atoms. The van der Waals surface area contributed by atoms with Gasteiger partial charge >= 0.3 is 5.97 Å². The van der Waals surface area contributed by atoms with Gasteiger partial charge in [-0.1, -0.05) is 48.0 Å². The maximum absolute atomic E-state index is 12.2. The second kappa shape index (κ2) is 8.19. The van der Waals surface area contributed by atoms with Gasteiger partial charge in [0.1, 0.15) is 0 Å². The van der Waals surface area contributed by atoms with Gasteiger partial charge in [0, 0.05) is 17.0 Å². The van der Waals surface area contributed by atoms with Gasteiger partial charge in [0.15, 0.2) is 16.9 Å². The molecule has 0 aliphatic carbocycles. The quantitative estimate of drug-likeness (QED) is 0.578. The van der Waals surface area contributed by atoms with Gasteiger partial charge in [0.25, 0.3) is 0 Å². The predicted octanol–water partition coefficient (Wildman–Crippen LogP) is 3.50. The maximum Gasteiger partial charge on any atom is 0.307 e. The topological polar surface area (TPSA) is 91.7 Å². The van der Waals surface area contributed by atoms with Gasteiger partial charge in [0.2, 0.25) is 0 Å². The largest absolute Gasteiger partial charge is 0.481 e. The van der Waals surface area contributed by atoms with E-state index in [0.717, 1.165) is 11.1 Å². The molecule has 0 bridgehead atoms. The minimum atomic E-state index is -2.26. The molecule has 0 radical (unpaired) electrons. The lowest BCUT2D eigenvalue weighted by molar-refractivity contribution is -0.140. The minimum Gasteiger partial charge on any atom is -0.481 e. The summed E-state index contributed by atoms with van der Waals surface area (Å²) in [6.07, 6.45) is -0.318. The van der Waals surface area contributed by atoms with Crippen LogP contribution in [0, 0.1) is 5.92 Å². The Hall–Kier alpha value is -2.02. The number of halogens is 1. The van der Waals surface area contributed by atoms with E-state index in [4.69, 9.17) is 21.3 Å². The number of carbonyl (C=O) groups excluding carboxylic acids is 1. The third-order valence-corrected chi connectivity index (χ3v) is 4.45. The van der Waals surface area contributed by atoms with Crippen LogP contribution < -0.4 is 0 Å². The summed E-state index contributed by atoms with van der Waals surface area (Å²) in [5.74, 6) is -3.29. The highest BCUT2D eigenvalue weighted by molar-refractivity contribution is 7.79. The Kier molecular flexibility index (Phi) is 6.25. The van der Waals surface area contributed by atoms with Crippen LogP contribution in [0.2, 0.25) is 5.02 Å². The minimum absolute atomic E-state index is 0.318. The number of carboxylic acids is 1. The van der Waals surface area contributed by atoms with Crippen LogP contribution in [0.15, 0.2) is 48.5 Å². The first-order valence-corrected chi connectivity index (χ1v) is 8.71. The second-order valence-electron chi connectivity index (χ2n) is 5.23. The van der Waals surface area contributed by atoms with Crippen molar-refractivity contribution in [2.45, 2.75) is 6.42 Å². The number of Topliss-reactive ketones (excluding diaryl/α,β-unsaturated/α-hetero) is 1. The molecule has 0 aliphatic heterocycles. The van der Waals surface area contributed by atoms with Crippen LogP contribution in [0.4, 0.5) is 0 Å². The first-order valence-electron chi connectivity index (χ1n) is 7.06. The summed E-state index contributed by atoms with van der Waals surface area (Å²) in [5.41, 5.74) is 2.20. The molecule has 0 heterocycles. The van der Waals surface area contributed by atoms with Gasteiger partial charge in [0.05, 0.1) is 11.7 Å². The summed E-state index contributed by atoms with van der Waals surface area (Å²) < 4.78 is 19.6. The van der Waals surface area contributed by atoms with E-state index in [2.05, 4.69) is 0 Å². The second-order valence-corrected chi connectivity index (χ2v) is 6.65. The number of ketones is 1. The molecule has 2 N–H and O–H groups in total. The third-order valence-electron chi connectivity index (χ3n) is 3.51. The highest BCUT2D eigenvalue weighted by atomic mass is 35.5. The molecule has 2 unspecified atom stereocenters. The Morgan fingerprint density at radius 2 is 1.50 bits per heavy atom. The van der Waals surface area contributed by atoms with Crippen molar-refractivity contribution in [3.8, 4) is 11.1 Å². The number of carboxylic acid groups (broad SMARTS) is 1. The Morgan fingerprint density at radius 3 is 1.96 bits per heavy atom. The van der Waals surface area contributed by atoms with E-state index >= 15 is 0 Å². The summed E-state index contributed by atoms with van der Waals surface area (Å²) in [5, 5.41) is 9.66. The first-order chi connectivity index (χ1) is 11.4. The van der Waals surface area contributed by atoms with Crippen LogP contribution in [-0.2, 0) is 15.9 Å². The number of benzene rings is 2. The molecule has 0 aromatic heterocycles. The normalized spacial score (nSPS) is 13.2. The van der Waals surface area contributed by atoms with Gasteiger partial charge in [-0.05, 0) is 23.3 Å². The van der Waals surface area contributed by atoms with Gasteiger partial charge < -0.3 is 9.66 Å². The summed E-state index contributed by atoms with van der Waals surface area (Å²) in [4.78, 5) is 23.2. The fourth-order valence-corrected chi connectivity index (χ4v) is 2.95. The monoisotopic (exact) mass is 366 g/mol. The smallest absolute Gasteiger partial charge is 0.307 e. The van der Waals surface area contributed by atoms with Crippen LogP contribution in [0.1, 0.15) is 16.8 Å². The molecule has 0 saturated carbocycles. The maximum atomic E-state index is 12.2. The van der Waals surface area contributed by atoms with Crippen molar-refractivity contribution < 1.29 is 23.5 Å². The zero-order chi connectivity index (χ0) is 17.7. The van der Waals surface area contributed by atoms with Crippen LogP contribution in [0.25, 0.3) is 11.1 Å². The van der Waals surface area contributed by atoms with Crippen molar-refractivity contribution in [2.75, 3.05) is 5.75 Å². The van der Waals surface area contributed by atoms with Gasteiger partial charge in [-0.3, -0.25) is 9.59 Å². The summed E-state index contributed by atoms with van der Waals surface area (Å²) in [7, 11) is 0. The van der Waals surface area contributed by atoms with Crippen molar-refractivity contribution in [3.63, 3.8) is 0 Å². The average molecular weight is 367 g/mol. The Balaban J connectivity index is 2.11. The standard InChI is InChI=1S/C17H15ClO5S/c18-15-7-5-12(6-8-15)11-1-3-13(4-2-11)16(19)9-14(17(20)21)10-24(22)23/h1-8,14H,9-10H2,(H,20,21)(H,22,23). The van der Waals surface area contributed by atoms with Crippen LogP contribution in [0.3, 0.4) is 0 Å². The molecule has 0 saturated heterocycles. The molecule has 2 rings (SSSR count). The SMILES string of the molecule is O=C(CC(CS(=O)O)C(=O)O)c1ccc(-c2ccc(Cl)cc2)cc1. The van der Waals surface area contributed by atoms with Crippen LogP contribution >= 0.6 is 11.6 Å². The number of carbonyl (C=O) groups is 2. The van der Waals surface area contributed by atoms with Crippen LogP contribution in [0.5, 0.6) is 0 Å². The molecule has 7 heteroatoms. The van der Waals surface area contributed by atoms with Crippen molar-refractivity contribution >= 4 is 34.4 Å². The Morgan fingerprint density at radius 1 is 1.00 bits per heavy atom. The molecular weight excluding hydrogens is 352 g/mol. The molecule has 0 aliphatic rings. The van der Waals surface area contributed by atoms with Crippen molar-refractivity contribution in [1.82, 2.24) is 0 Å². The van der Waals surface area contributed by atoms with E-state index in [0.29, 0.717) is 10.6 Å². The summed E-state index contributed by atoms with van der Waals surface area (Å²) in [6, 6.07) is 14.0. The fourth-order valence-electron chi connectivity index (χ4n) is 2.22. The zero-order valence-corrected chi connectivity index (χ0v) is 14.1. The average Bonchev–Trinajstić information content (AvgIpc) is 2.54. The number of aliphatic carboxylic acids is 1. The van der Waals surface area contributed by atoms with E-state index in [1.807, 2.05) is 12.1 Å². The number of hydrogen-bond acceptors (Lipinski definition) is 3. The Labute approximate surface area is 146 Å². The lowest BCUT2D eigenvalue weighted by Crippen LogP contribution is -2.23. The van der Waals surface area contributed by atoms with Gasteiger partial charge in [-0.15, -0.1) is 0 Å². The molecular formula is C17H15ClO5S. The lowest BCUT2D eigenvalue weighted by Gasteiger charge is -2.09. The van der Waals surface area contributed by atoms with Gasteiger partial charge in [-0.25, -0.2) is 4.21 Å². The molecule has 0 spiro atoms. The van der Waals surface area contributed by atoms with E-state index in [1.54, 1.807) is 36.4 Å². The molecule has 5 nitrogen and oxygen atoms in total.